The highest BCUT2D eigenvalue weighted by molar-refractivity contribution is 5.60. The molecule has 0 aliphatic rings. The first-order valence-corrected chi connectivity index (χ1v) is 5.81. The number of hydrogen-bond donors (Lipinski definition) is 3. The molecule has 0 aliphatic carbocycles. The maximum Gasteiger partial charge on any atom is 0.148 e. The van der Waals surface area contributed by atoms with E-state index in [9.17, 15) is 5.11 Å². The zero-order valence-electron chi connectivity index (χ0n) is 10.3. The summed E-state index contributed by atoms with van der Waals surface area (Å²) in [4.78, 5) is 0. The largest absolute Gasteiger partial charge is 0.394 e. The van der Waals surface area contributed by atoms with Gasteiger partial charge in [-0.3, -0.25) is 0 Å². The van der Waals surface area contributed by atoms with Crippen molar-refractivity contribution in [1.82, 2.24) is 9.78 Å². The summed E-state index contributed by atoms with van der Waals surface area (Å²) in [5.41, 5.74) is 6.43. The van der Waals surface area contributed by atoms with E-state index in [0.29, 0.717) is 12.2 Å². The molecular formula is C11H22N4O. The maximum atomic E-state index is 9.64. The van der Waals surface area contributed by atoms with Crippen LogP contribution in [0.25, 0.3) is 0 Å². The van der Waals surface area contributed by atoms with Gasteiger partial charge in [-0.15, -0.1) is 0 Å². The third kappa shape index (κ3) is 3.13. The first-order chi connectivity index (χ1) is 7.56. The number of nitrogens with zero attached hydrogens (tertiary/aromatic N) is 2. The molecule has 1 heterocycles. The topological polar surface area (TPSA) is 76.1 Å². The van der Waals surface area contributed by atoms with Crippen molar-refractivity contribution in [2.24, 2.45) is 0 Å². The summed E-state index contributed by atoms with van der Waals surface area (Å²) in [6.07, 6.45) is 3.07. The van der Waals surface area contributed by atoms with E-state index in [4.69, 9.17) is 5.73 Å². The number of anilines is 2. The molecule has 1 rings (SSSR count). The highest BCUT2D eigenvalue weighted by Crippen LogP contribution is 2.21. The van der Waals surface area contributed by atoms with Crippen molar-refractivity contribution in [2.45, 2.75) is 45.8 Å². The van der Waals surface area contributed by atoms with Crippen molar-refractivity contribution in [3.05, 3.63) is 6.20 Å². The molecule has 0 amide bonds. The summed E-state index contributed by atoms with van der Waals surface area (Å²) >= 11 is 0. The average Bonchev–Trinajstić information content (AvgIpc) is 2.57. The molecular weight excluding hydrogens is 204 g/mol. The fourth-order valence-corrected chi connectivity index (χ4v) is 1.60. The second kappa shape index (κ2) is 5.75. The van der Waals surface area contributed by atoms with Gasteiger partial charge in [0, 0.05) is 12.6 Å². The molecule has 0 aromatic carbocycles. The van der Waals surface area contributed by atoms with Crippen LogP contribution in [0, 0.1) is 0 Å². The van der Waals surface area contributed by atoms with Crippen LogP contribution in [0.3, 0.4) is 0 Å². The van der Waals surface area contributed by atoms with Gasteiger partial charge in [-0.1, -0.05) is 13.3 Å². The lowest BCUT2D eigenvalue weighted by Gasteiger charge is -2.15. The molecule has 4 N–H and O–H groups in total. The van der Waals surface area contributed by atoms with Crippen LogP contribution in [-0.2, 0) is 0 Å². The number of rotatable bonds is 6. The number of nitrogens with two attached hydrogens (primary N) is 1. The van der Waals surface area contributed by atoms with Crippen LogP contribution in [0.4, 0.5) is 11.5 Å². The lowest BCUT2D eigenvalue weighted by molar-refractivity contribution is 0.176. The fourth-order valence-electron chi connectivity index (χ4n) is 1.60. The smallest absolute Gasteiger partial charge is 0.148 e. The molecule has 1 aromatic heterocycles. The zero-order valence-corrected chi connectivity index (χ0v) is 10.3. The third-order valence-electron chi connectivity index (χ3n) is 2.44. The summed E-state index contributed by atoms with van der Waals surface area (Å²) in [6, 6.07) is 0.253. The molecule has 5 heteroatoms. The Morgan fingerprint density at radius 3 is 2.81 bits per heavy atom. The fraction of sp³-hybridized carbons (Fsp3) is 0.727. The van der Waals surface area contributed by atoms with Crippen molar-refractivity contribution in [3.8, 4) is 0 Å². The van der Waals surface area contributed by atoms with Crippen molar-refractivity contribution in [3.63, 3.8) is 0 Å². The van der Waals surface area contributed by atoms with E-state index < -0.39 is 0 Å². The molecule has 0 aliphatic heterocycles. The SMILES string of the molecule is CCCC(O)CNc1c(N)cnn1C(C)C. The number of aliphatic hydroxyl groups excluding tert-OH is 1. The van der Waals surface area contributed by atoms with Crippen molar-refractivity contribution in [1.29, 1.82) is 0 Å². The van der Waals surface area contributed by atoms with Crippen molar-refractivity contribution < 1.29 is 5.11 Å². The first-order valence-electron chi connectivity index (χ1n) is 5.81. The van der Waals surface area contributed by atoms with Gasteiger partial charge in [-0.25, -0.2) is 4.68 Å². The molecule has 1 unspecified atom stereocenters. The van der Waals surface area contributed by atoms with Crippen molar-refractivity contribution >= 4 is 11.5 Å². The summed E-state index contributed by atoms with van der Waals surface area (Å²) in [5.74, 6) is 0.796. The Morgan fingerprint density at radius 1 is 1.56 bits per heavy atom. The minimum atomic E-state index is -0.333. The molecule has 1 atom stereocenters. The number of nitrogens with one attached hydrogen (secondary N) is 1. The highest BCUT2D eigenvalue weighted by atomic mass is 16.3. The molecule has 0 bridgehead atoms. The summed E-state index contributed by atoms with van der Waals surface area (Å²) in [5, 5.41) is 17.0. The normalized spacial score (nSPS) is 13.1. The van der Waals surface area contributed by atoms with E-state index >= 15 is 0 Å². The number of nitrogen functional groups attached to an aromatic ring is 1. The van der Waals surface area contributed by atoms with E-state index in [-0.39, 0.29) is 12.1 Å². The van der Waals surface area contributed by atoms with E-state index in [2.05, 4.69) is 17.3 Å². The molecule has 0 radical (unpaired) electrons. The molecule has 1 aromatic rings. The lowest BCUT2D eigenvalue weighted by atomic mass is 10.2. The summed E-state index contributed by atoms with van der Waals surface area (Å²) < 4.78 is 1.83. The Hall–Kier alpha value is -1.23. The molecule has 5 nitrogen and oxygen atoms in total. The van der Waals surface area contributed by atoms with Gasteiger partial charge >= 0.3 is 0 Å². The molecule has 0 spiro atoms. The van der Waals surface area contributed by atoms with Crippen LogP contribution in [0.5, 0.6) is 0 Å². The van der Waals surface area contributed by atoms with Crippen LogP contribution < -0.4 is 11.1 Å². The second-order valence-electron chi connectivity index (χ2n) is 4.31. The van der Waals surface area contributed by atoms with Crippen LogP contribution in [0.2, 0.25) is 0 Å². The van der Waals surface area contributed by atoms with Gasteiger partial charge < -0.3 is 16.2 Å². The third-order valence-corrected chi connectivity index (χ3v) is 2.44. The quantitative estimate of drug-likeness (QED) is 0.689. The van der Waals surface area contributed by atoms with Crippen LogP contribution in [0.15, 0.2) is 6.20 Å². The van der Waals surface area contributed by atoms with Gasteiger partial charge in [-0.05, 0) is 20.3 Å². The number of hydrogen-bond acceptors (Lipinski definition) is 4. The van der Waals surface area contributed by atoms with Crippen molar-refractivity contribution in [2.75, 3.05) is 17.6 Å². The monoisotopic (exact) mass is 226 g/mol. The highest BCUT2D eigenvalue weighted by Gasteiger charge is 2.11. The first kappa shape index (κ1) is 12.8. The number of aromatic nitrogens is 2. The Balaban J connectivity index is 2.62. The lowest BCUT2D eigenvalue weighted by Crippen LogP contribution is -2.21. The van der Waals surface area contributed by atoms with Gasteiger partial charge in [0.15, 0.2) is 0 Å². The van der Waals surface area contributed by atoms with Crippen LogP contribution >= 0.6 is 0 Å². The van der Waals surface area contributed by atoms with E-state index in [1.54, 1.807) is 6.20 Å². The molecule has 0 saturated heterocycles. The Bertz CT molecular complexity index is 322. The predicted octanol–water partition coefficient (Wildman–Crippen LogP) is 1.62. The van der Waals surface area contributed by atoms with Gasteiger partial charge in [0.05, 0.1) is 18.0 Å². The predicted molar refractivity (Wildman–Crippen MR) is 66.4 cm³/mol. The van der Waals surface area contributed by atoms with Gasteiger partial charge in [0.2, 0.25) is 0 Å². The molecule has 0 fully saturated rings. The Kier molecular flexibility index (Phi) is 4.61. The second-order valence-corrected chi connectivity index (χ2v) is 4.31. The zero-order chi connectivity index (χ0) is 12.1. The average molecular weight is 226 g/mol. The standard InChI is InChI=1S/C11H22N4O/c1-4-5-9(16)6-13-11-10(12)7-14-15(11)8(2)3/h7-9,13,16H,4-6,12H2,1-3H3. The van der Waals surface area contributed by atoms with Gasteiger partial charge in [0.1, 0.15) is 5.82 Å². The van der Waals surface area contributed by atoms with Gasteiger partial charge in [0.25, 0.3) is 0 Å². The molecule has 16 heavy (non-hydrogen) atoms. The minimum absolute atomic E-state index is 0.253. The van der Waals surface area contributed by atoms with Crippen LogP contribution in [0.1, 0.15) is 39.7 Å². The van der Waals surface area contributed by atoms with E-state index in [0.717, 1.165) is 18.7 Å². The molecule has 0 saturated carbocycles. The summed E-state index contributed by atoms with van der Waals surface area (Å²) in [6.45, 7) is 6.65. The Morgan fingerprint density at radius 2 is 2.25 bits per heavy atom. The Labute approximate surface area is 96.6 Å². The number of aliphatic hydroxyl groups is 1. The minimum Gasteiger partial charge on any atom is -0.394 e. The van der Waals surface area contributed by atoms with E-state index in [1.165, 1.54) is 0 Å². The van der Waals surface area contributed by atoms with Gasteiger partial charge in [-0.2, -0.15) is 5.10 Å². The maximum absolute atomic E-state index is 9.64. The van der Waals surface area contributed by atoms with E-state index in [1.807, 2.05) is 18.5 Å². The van der Waals surface area contributed by atoms with Crippen LogP contribution in [-0.4, -0.2) is 27.5 Å². The molecule has 92 valence electrons. The summed E-state index contributed by atoms with van der Waals surface area (Å²) in [7, 11) is 0.